The van der Waals surface area contributed by atoms with Crippen molar-refractivity contribution in [3.8, 4) is 0 Å². The molecule has 9 heteroatoms. The molecule has 1 fully saturated rings. The van der Waals surface area contributed by atoms with Crippen molar-refractivity contribution in [2.75, 3.05) is 18.4 Å². The smallest absolute Gasteiger partial charge is 0.416 e. The summed E-state index contributed by atoms with van der Waals surface area (Å²) in [6, 6.07) is 8.53. The van der Waals surface area contributed by atoms with E-state index in [2.05, 4.69) is 15.3 Å². The second-order valence-electron chi connectivity index (χ2n) is 7.68. The number of halogens is 3. The van der Waals surface area contributed by atoms with E-state index in [9.17, 15) is 18.0 Å². The molecule has 0 aliphatic carbocycles. The highest BCUT2D eigenvalue weighted by molar-refractivity contribution is 6.02. The molecular weight excluding hydrogens is 409 g/mol. The first-order chi connectivity index (χ1) is 14.9. The van der Waals surface area contributed by atoms with Gasteiger partial charge in [0.15, 0.2) is 5.76 Å². The maximum atomic E-state index is 12.9. The van der Waals surface area contributed by atoms with Gasteiger partial charge in [-0.05, 0) is 55.8 Å². The third kappa shape index (κ3) is 5.55. The summed E-state index contributed by atoms with van der Waals surface area (Å²) in [6.07, 6.45) is 2.23. The second-order valence-corrected chi connectivity index (χ2v) is 7.68. The number of furan rings is 1. The van der Waals surface area contributed by atoms with Crippen LogP contribution < -0.4 is 5.32 Å². The monoisotopic (exact) mass is 432 g/mol. The molecular formula is C22H23F3N4O2. The molecule has 0 radical (unpaired) electrons. The van der Waals surface area contributed by atoms with Crippen LogP contribution in [-0.4, -0.2) is 33.7 Å². The van der Waals surface area contributed by atoms with E-state index in [4.69, 9.17) is 4.42 Å². The van der Waals surface area contributed by atoms with Gasteiger partial charge in [-0.2, -0.15) is 18.3 Å². The number of hydrogen-bond acceptors (Lipinski definition) is 4. The van der Waals surface area contributed by atoms with Gasteiger partial charge in [0.2, 0.25) is 0 Å². The summed E-state index contributed by atoms with van der Waals surface area (Å²) >= 11 is 0. The van der Waals surface area contributed by atoms with E-state index in [1.165, 1.54) is 36.2 Å². The Morgan fingerprint density at radius 1 is 1.10 bits per heavy atom. The summed E-state index contributed by atoms with van der Waals surface area (Å²) in [5.74, 6) is 0.549. The molecule has 0 unspecified atom stereocenters. The molecule has 0 bridgehead atoms. The Hall–Kier alpha value is -3.07. The normalized spacial score (nSPS) is 15.2. The minimum absolute atomic E-state index is 0.153. The Kier molecular flexibility index (Phi) is 6.13. The van der Waals surface area contributed by atoms with Gasteiger partial charge in [0.25, 0.3) is 5.91 Å². The lowest BCUT2D eigenvalue weighted by Crippen LogP contribution is -2.28. The molecule has 0 atom stereocenters. The third-order valence-electron chi connectivity index (χ3n) is 5.20. The van der Waals surface area contributed by atoms with Crippen molar-refractivity contribution in [2.24, 2.45) is 0 Å². The van der Waals surface area contributed by atoms with Crippen LogP contribution in [0.1, 0.15) is 46.7 Å². The number of nitrogens with zero attached hydrogens (tertiary/aromatic N) is 3. The van der Waals surface area contributed by atoms with Crippen molar-refractivity contribution >= 4 is 11.6 Å². The molecule has 1 aliphatic rings. The zero-order chi connectivity index (χ0) is 21.8. The van der Waals surface area contributed by atoms with Crippen LogP contribution in [0.25, 0.3) is 0 Å². The molecule has 3 aromatic rings. The zero-order valence-electron chi connectivity index (χ0n) is 16.9. The van der Waals surface area contributed by atoms with E-state index in [0.717, 1.165) is 31.0 Å². The molecule has 3 heterocycles. The average molecular weight is 432 g/mol. The standard InChI is InChI=1S/C22H23F3N4O2/c23-22(24,25)17-6-4-5-16(11-17)13-29-14-18(12-26-29)27-21(30)20-8-7-19(31-20)15-28-9-2-1-3-10-28/h4-8,11-12,14H,1-3,9-10,13,15H2,(H,27,30). The van der Waals surface area contributed by atoms with Crippen molar-refractivity contribution in [3.63, 3.8) is 0 Å². The van der Waals surface area contributed by atoms with E-state index >= 15 is 0 Å². The van der Waals surface area contributed by atoms with E-state index in [1.54, 1.807) is 24.4 Å². The molecule has 1 aromatic carbocycles. The maximum absolute atomic E-state index is 12.9. The van der Waals surface area contributed by atoms with Crippen LogP contribution in [0.15, 0.2) is 53.2 Å². The Morgan fingerprint density at radius 2 is 1.90 bits per heavy atom. The fourth-order valence-corrected chi connectivity index (χ4v) is 3.66. The van der Waals surface area contributed by atoms with Crippen LogP contribution in [0.3, 0.4) is 0 Å². The van der Waals surface area contributed by atoms with Crippen LogP contribution in [0, 0.1) is 0 Å². The molecule has 6 nitrogen and oxygen atoms in total. The van der Waals surface area contributed by atoms with Gasteiger partial charge in [0.05, 0.1) is 30.5 Å². The van der Waals surface area contributed by atoms with Gasteiger partial charge in [0.1, 0.15) is 5.76 Å². The molecule has 164 valence electrons. The number of hydrogen-bond donors (Lipinski definition) is 1. The molecule has 31 heavy (non-hydrogen) atoms. The summed E-state index contributed by atoms with van der Waals surface area (Å²) in [5, 5.41) is 6.82. The Balaban J connectivity index is 1.35. The van der Waals surface area contributed by atoms with Crippen molar-refractivity contribution in [1.82, 2.24) is 14.7 Å². The highest BCUT2D eigenvalue weighted by Crippen LogP contribution is 2.29. The van der Waals surface area contributed by atoms with Gasteiger partial charge in [-0.25, -0.2) is 0 Å². The summed E-state index contributed by atoms with van der Waals surface area (Å²) in [4.78, 5) is 14.8. The summed E-state index contributed by atoms with van der Waals surface area (Å²) in [7, 11) is 0. The van der Waals surface area contributed by atoms with Crippen LogP contribution >= 0.6 is 0 Å². The lowest BCUT2D eigenvalue weighted by Gasteiger charge is -2.25. The highest BCUT2D eigenvalue weighted by Gasteiger charge is 2.30. The molecule has 1 N–H and O–H groups in total. The number of carbonyl (C=O) groups excluding carboxylic acids is 1. The number of alkyl halides is 3. The number of carbonyl (C=O) groups is 1. The zero-order valence-corrected chi connectivity index (χ0v) is 16.9. The number of likely N-dealkylation sites (tertiary alicyclic amines) is 1. The number of amides is 1. The molecule has 1 aliphatic heterocycles. The fourth-order valence-electron chi connectivity index (χ4n) is 3.66. The maximum Gasteiger partial charge on any atom is 0.416 e. The summed E-state index contributed by atoms with van der Waals surface area (Å²) in [6.45, 7) is 2.91. The largest absolute Gasteiger partial charge is 0.455 e. The predicted molar refractivity (Wildman–Crippen MR) is 109 cm³/mol. The minimum Gasteiger partial charge on any atom is -0.455 e. The van der Waals surface area contributed by atoms with Crippen molar-refractivity contribution in [3.05, 3.63) is 71.4 Å². The van der Waals surface area contributed by atoms with Gasteiger partial charge in [-0.1, -0.05) is 18.6 Å². The van der Waals surface area contributed by atoms with Gasteiger partial charge in [-0.15, -0.1) is 0 Å². The Labute approximate surface area is 177 Å². The van der Waals surface area contributed by atoms with Crippen molar-refractivity contribution < 1.29 is 22.4 Å². The number of nitrogens with one attached hydrogen (secondary N) is 1. The van der Waals surface area contributed by atoms with Crippen LogP contribution in [0.4, 0.5) is 18.9 Å². The van der Waals surface area contributed by atoms with Crippen molar-refractivity contribution in [1.29, 1.82) is 0 Å². The van der Waals surface area contributed by atoms with Crippen LogP contribution in [0.2, 0.25) is 0 Å². The van der Waals surface area contributed by atoms with Crippen molar-refractivity contribution in [2.45, 2.75) is 38.5 Å². The number of piperidine rings is 1. The first kappa shape index (κ1) is 21.2. The second kappa shape index (κ2) is 8.97. The quantitative estimate of drug-likeness (QED) is 0.609. The summed E-state index contributed by atoms with van der Waals surface area (Å²) in [5.41, 5.74) is 0.194. The Morgan fingerprint density at radius 3 is 2.68 bits per heavy atom. The van der Waals surface area contributed by atoms with Gasteiger partial charge < -0.3 is 9.73 Å². The molecule has 4 rings (SSSR count). The number of rotatable bonds is 6. The SMILES string of the molecule is O=C(Nc1cnn(Cc2cccc(C(F)(F)F)c2)c1)c1ccc(CN2CCCCC2)o1. The van der Waals surface area contributed by atoms with Gasteiger partial charge in [0, 0.05) is 6.20 Å². The predicted octanol–water partition coefficient (Wildman–Crippen LogP) is 4.78. The molecule has 0 saturated carbocycles. The lowest BCUT2D eigenvalue weighted by molar-refractivity contribution is -0.137. The number of anilines is 1. The van der Waals surface area contributed by atoms with Crippen LogP contribution in [0.5, 0.6) is 0 Å². The molecule has 2 aromatic heterocycles. The first-order valence-electron chi connectivity index (χ1n) is 10.2. The molecule has 0 spiro atoms. The van der Waals surface area contributed by atoms with E-state index < -0.39 is 17.6 Å². The highest BCUT2D eigenvalue weighted by atomic mass is 19.4. The molecule has 1 amide bonds. The fraction of sp³-hybridized carbons (Fsp3) is 0.364. The first-order valence-corrected chi connectivity index (χ1v) is 10.2. The lowest BCUT2D eigenvalue weighted by atomic mass is 10.1. The van der Waals surface area contributed by atoms with E-state index in [0.29, 0.717) is 17.8 Å². The number of benzene rings is 1. The minimum atomic E-state index is -4.39. The van der Waals surface area contributed by atoms with E-state index in [-0.39, 0.29) is 12.3 Å². The average Bonchev–Trinajstić information content (AvgIpc) is 3.38. The molecule has 1 saturated heterocycles. The van der Waals surface area contributed by atoms with Crippen LogP contribution in [-0.2, 0) is 19.3 Å². The van der Waals surface area contributed by atoms with Gasteiger partial charge >= 0.3 is 6.18 Å². The topological polar surface area (TPSA) is 63.3 Å². The third-order valence-corrected chi connectivity index (χ3v) is 5.20. The number of aromatic nitrogens is 2. The van der Waals surface area contributed by atoms with E-state index in [1.807, 2.05) is 0 Å². The summed E-state index contributed by atoms with van der Waals surface area (Å²) < 4.78 is 45.7. The Bertz CT molecular complexity index is 1040. The van der Waals surface area contributed by atoms with Gasteiger partial charge in [-0.3, -0.25) is 14.4 Å².